The fourth-order valence-electron chi connectivity index (χ4n) is 2.78. The highest BCUT2D eigenvalue weighted by molar-refractivity contribution is 6.36. The summed E-state index contributed by atoms with van der Waals surface area (Å²) in [4.78, 5) is 29.3. The topological polar surface area (TPSA) is 77.8 Å². The monoisotopic (exact) mass is 337 g/mol. The van der Waals surface area contributed by atoms with Crippen molar-refractivity contribution < 1.29 is 4.79 Å². The van der Waals surface area contributed by atoms with Gasteiger partial charge in [-0.15, -0.1) is 0 Å². The largest absolute Gasteiger partial charge is 0.323 e. The van der Waals surface area contributed by atoms with Gasteiger partial charge in [0, 0.05) is 21.7 Å². The number of hydrogen-bond donors (Lipinski definition) is 3. The van der Waals surface area contributed by atoms with Crippen LogP contribution in [0.5, 0.6) is 0 Å². The number of imidazole rings is 1. The maximum atomic E-state index is 12.6. The van der Waals surface area contributed by atoms with E-state index in [-0.39, 0.29) is 11.6 Å². The number of halogens is 1. The molecule has 0 saturated heterocycles. The Bertz CT molecular complexity index is 1140. The summed E-state index contributed by atoms with van der Waals surface area (Å²) in [6.45, 7) is 0. The first-order valence-corrected chi connectivity index (χ1v) is 7.70. The predicted octanol–water partition coefficient (Wildman–Crippen LogP) is 3.92. The van der Waals surface area contributed by atoms with Crippen LogP contribution < -0.4 is 11.0 Å². The molecular weight excluding hydrogens is 326 g/mol. The van der Waals surface area contributed by atoms with Gasteiger partial charge in [0.1, 0.15) is 0 Å². The lowest BCUT2D eigenvalue weighted by Crippen LogP contribution is -2.12. The van der Waals surface area contributed by atoms with Crippen molar-refractivity contribution in [3.8, 4) is 0 Å². The van der Waals surface area contributed by atoms with Crippen molar-refractivity contribution in [1.29, 1.82) is 0 Å². The van der Waals surface area contributed by atoms with Gasteiger partial charge in [-0.05, 0) is 35.7 Å². The fourth-order valence-corrected chi connectivity index (χ4v) is 3.02. The second-order valence-electron chi connectivity index (χ2n) is 5.43. The number of carbonyl (C=O) groups is 1. The van der Waals surface area contributed by atoms with E-state index in [4.69, 9.17) is 11.6 Å². The molecule has 0 radical (unpaired) electrons. The summed E-state index contributed by atoms with van der Waals surface area (Å²) in [5.41, 5.74) is 2.19. The number of rotatable bonds is 2. The number of carbonyl (C=O) groups excluding carboxylic acids is 1. The van der Waals surface area contributed by atoms with E-state index in [0.717, 1.165) is 10.8 Å². The highest BCUT2D eigenvalue weighted by Gasteiger charge is 2.12. The Morgan fingerprint density at radius 2 is 1.67 bits per heavy atom. The van der Waals surface area contributed by atoms with Crippen LogP contribution in [0.1, 0.15) is 10.4 Å². The summed E-state index contributed by atoms with van der Waals surface area (Å²) < 4.78 is 0. The van der Waals surface area contributed by atoms with E-state index in [1.165, 1.54) is 0 Å². The van der Waals surface area contributed by atoms with Crippen LogP contribution in [0.2, 0.25) is 5.02 Å². The molecule has 6 heteroatoms. The van der Waals surface area contributed by atoms with Crippen molar-refractivity contribution in [1.82, 2.24) is 9.97 Å². The Hall–Kier alpha value is -3.05. The van der Waals surface area contributed by atoms with Crippen molar-refractivity contribution in [2.24, 2.45) is 0 Å². The van der Waals surface area contributed by atoms with Crippen molar-refractivity contribution in [3.63, 3.8) is 0 Å². The number of benzene rings is 3. The molecule has 3 aromatic carbocycles. The second kappa shape index (κ2) is 5.54. The van der Waals surface area contributed by atoms with Gasteiger partial charge in [0.15, 0.2) is 0 Å². The highest BCUT2D eigenvalue weighted by atomic mass is 35.5. The Balaban J connectivity index is 1.73. The van der Waals surface area contributed by atoms with Crippen LogP contribution in [0.3, 0.4) is 0 Å². The molecule has 0 spiro atoms. The minimum absolute atomic E-state index is 0.236. The smallest absolute Gasteiger partial charge is 0.322 e. The number of amides is 1. The molecule has 4 rings (SSSR count). The number of hydrogen-bond acceptors (Lipinski definition) is 2. The van der Waals surface area contributed by atoms with Gasteiger partial charge in [-0.1, -0.05) is 35.9 Å². The Kier molecular flexibility index (Phi) is 3.36. The van der Waals surface area contributed by atoms with Crippen LogP contribution in [0.4, 0.5) is 5.69 Å². The SMILES string of the molecule is O=C(Nc1ccc2[nH]c(=O)[nH]c2c1)c1cccc2c(Cl)cccc12. The molecule has 5 nitrogen and oxygen atoms in total. The standard InChI is InChI=1S/C18H12ClN3O2/c19-14-6-2-3-11-12(14)4-1-5-13(11)17(23)20-10-7-8-15-16(9-10)22-18(24)21-15/h1-9H,(H,20,23)(H2,21,22,24). The normalized spacial score (nSPS) is 11.0. The van der Waals surface area contributed by atoms with Crippen molar-refractivity contribution in [3.05, 3.63) is 75.7 Å². The summed E-state index contributed by atoms with van der Waals surface area (Å²) in [6.07, 6.45) is 0. The zero-order valence-electron chi connectivity index (χ0n) is 12.4. The molecule has 0 fully saturated rings. The van der Waals surface area contributed by atoms with Crippen LogP contribution in [-0.4, -0.2) is 15.9 Å². The van der Waals surface area contributed by atoms with Gasteiger partial charge in [0.2, 0.25) is 0 Å². The lowest BCUT2D eigenvalue weighted by molar-refractivity contribution is 0.102. The average molecular weight is 338 g/mol. The van der Waals surface area contributed by atoms with Crippen molar-refractivity contribution in [2.75, 3.05) is 5.32 Å². The zero-order chi connectivity index (χ0) is 16.7. The van der Waals surface area contributed by atoms with E-state index >= 15 is 0 Å². The molecule has 4 aromatic rings. The molecule has 24 heavy (non-hydrogen) atoms. The van der Waals surface area contributed by atoms with Crippen molar-refractivity contribution in [2.45, 2.75) is 0 Å². The fraction of sp³-hybridized carbons (Fsp3) is 0. The van der Waals surface area contributed by atoms with Gasteiger partial charge in [0.05, 0.1) is 11.0 Å². The van der Waals surface area contributed by atoms with Gasteiger partial charge in [0.25, 0.3) is 5.91 Å². The van der Waals surface area contributed by atoms with E-state index < -0.39 is 0 Å². The molecule has 1 amide bonds. The molecule has 3 N–H and O–H groups in total. The van der Waals surface area contributed by atoms with Crippen molar-refractivity contribution >= 4 is 45.0 Å². The van der Waals surface area contributed by atoms with E-state index in [1.807, 2.05) is 18.2 Å². The molecule has 0 aliphatic rings. The molecule has 118 valence electrons. The average Bonchev–Trinajstić information content (AvgIpc) is 2.94. The summed E-state index contributed by atoms with van der Waals surface area (Å²) in [5.74, 6) is -0.236. The molecule has 0 unspecified atom stereocenters. The molecule has 1 aromatic heterocycles. The van der Waals surface area contributed by atoms with Gasteiger partial charge < -0.3 is 15.3 Å². The Morgan fingerprint density at radius 3 is 2.54 bits per heavy atom. The van der Waals surface area contributed by atoms with E-state index in [9.17, 15) is 9.59 Å². The molecule has 0 aliphatic carbocycles. The number of aromatic nitrogens is 2. The third-order valence-electron chi connectivity index (χ3n) is 3.89. The Morgan fingerprint density at radius 1 is 0.917 bits per heavy atom. The quantitative estimate of drug-likeness (QED) is 0.518. The maximum absolute atomic E-state index is 12.6. The Labute approximate surface area is 141 Å². The summed E-state index contributed by atoms with van der Waals surface area (Å²) in [6, 6.07) is 16.1. The zero-order valence-corrected chi connectivity index (χ0v) is 13.1. The van der Waals surface area contributed by atoms with Gasteiger partial charge >= 0.3 is 5.69 Å². The van der Waals surface area contributed by atoms with Crippen LogP contribution in [0.15, 0.2) is 59.4 Å². The lowest BCUT2D eigenvalue weighted by atomic mass is 10.0. The molecule has 1 heterocycles. The van der Waals surface area contributed by atoms with Gasteiger partial charge in [-0.25, -0.2) is 4.79 Å². The minimum atomic E-state index is -0.280. The molecule has 0 saturated carbocycles. The van der Waals surface area contributed by atoms with Crippen LogP contribution in [0, 0.1) is 0 Å². The summed E-state index contributed by atoms with van der Waals surface area (Å²) in [7, 11) is 0. The van der Waals surface area contributed by atoms with E-state index in [0.29, 0.717) is 27.3 Å². The molecule has 0 aliphatic heterocycles. The summed E-state index contributed by atoms with van der Waals surface area (Å²) in [5, 5.41) is 5.08. The van der Waals surface area contributed by atoms with Gasteiger partial charge in [-0.3, -0.25) is 4.79 Å². The van der Waals surface area contributed by atoms with Crippen LogP contribution in [-0.2, 0) is 0 Å². The van der Waals surface area contributed by atoms with E-state index in [2.05, 4.69) is 15.3 Å². The second-order valence-corrected chi connectivity index (χ2v) is 5.84. The first kappa shape index (κ1) is 14.5. The number of aromatic amines is 2. The number of nitrogens with one attached hydrogen (secondary N) is 3. The summed E-state index contributed by atoms with van der Waals surface area (Å²) >= 11 is 6.19. The van der Waals surface area contributed by atoms with Crippen LogP contribution in [0.25, 0.3) is 21.8 Å². The first-order chi connectivity index (χ1) is 11.6. The number of anilines is 1. The lowest BCUT2D eigenvalue weighted by Gasteiger charge is -2.09. The van der Waals surface area contributed by atoms with Gasteiger partial charge in [-0.2, -0.15) is 0 Å². The predicted molar refractivity (Wildman–Crippen MR) is 95.8 cm³/mol. The molecule has 0 bridgehead atoms. The van der Waals surface area contributed by atoms with E-state index in [1.54, 1.807) is 36.4 Å². The third-order valence-corrected chi connectivity index (χ3v) is 4.22. The van der Waals surface area contributed by atoms with Crippen LogP contribution >= 0.6 is 11.6 Å². The highest BCUT2D eigenvalue weighted by Crippen LogP contribution is 2.26. The first-order valence-electron chi connectivity index (χ1n) is 7.32. The minimum Gasteiger partial charge on any atom is -0.322 e. The molecular formula is C18H12ClN3O2. The maximum Gasteiger partial charge on any atom is 0.323 e. The molecule has 0 atom stereocenters. The third kappa shape index (κ3) is 2.45. The number of fused-ring (bicyclic) bond motifs is 2. The number of H-pyrrole nitrogens is 2.